The smallest absolute Gasteiger partial charge is 0.378 e. The minimum absolute atomic E-state index is 0.0229. The lowest BCUT2D eigenvalue weighted by Crippen LogP contribution is -2.51. The second-order valence-corrected chi connectivity index (χ2v) is 17.1. The number of alkyl halides is 3. The van der Waals surface area contributed by atoms with E-state index in [1.165, 1.54) is 11.0 Å². The number of thiol groups is 1. The lowest BCUT2D eigenvalue weighted by molar-refractivity contribution is -0.138. The van der Waals surface area contributed by atoms with Crippen molar-refractivity contribution in [3.63, 3.8) is 0 Å². The number of carbonyl (C=O) groups excluding carboxylic acids is 4. The summed E-state index contributed by atoms with van der Waals surface area (Å²) in [7, 11) is 0. The van der Waals surface area contributed by atoms with Crippen molar-refractivity contribution in [1.82, 2.24) is 20.1 Å². The van der Waals surface area contributed by atoms with Gasteiger partial charge in [-0.15, -0.1) is 12.6 Å². The number of likely N-dealkylation sites (tertiary alicyclic amines) is 1. The van der Waals surface area contributed by atoms with Crippen LogP contribution in [0.3, 0.4) is 0 Å². The van der Waals surface area contributed by atoms with E-state index in [2.05, 4.69) is 39.7 Å². The van der Waals surface area contributed by atoms with Crippen LogP contribution in [0.1, 0.15) is 103 Å². The fraction of sp³-hybridized carbons (Fsp3) is 0.610. The summed E-state index contributed by atoms with van der Waals surface area (Å²) in [6.45, 7) is 8.67. The van der Waals surface area contributed by atoms with Crippen molar-refractivity contribution in [3.05, 3.63) is 47.8 Å². The van der Waals surface area contributed by atoms with Crippen molar-refractivity contribution in [2.75, 3.05) is 28.7 Å². The van der Waals surface area contributed by atoms with Gasteiger partial charge in [0.2, 0.25) is 23.6 Å². The Balaban J connectivity index is 0.918. The normalized spacial score (nSPS) is 28.2. The SMILES string of the molecule is C[C@@H]1C[C@H](OCCC[C@H]2CC[C@H](N3C(S)N(c4cnc(C#N)c(C(F)(F)F)c4)C(=O)C3(C)C)CC2)C[C@H](C)N1CC(=O)Nc1cccc(NC2CCC(=O)NC2=O)c1. The molecule has 4 amide bonds. The highest BCUT2D eigenvalue weighted by atomic mass is 32.1. The predicted octanol–water partition coefficient (Wildman–Crippen LogP) is 6.07. The summed E-state index contributed by atoms with van der Waals surface area (Å²) in [5.74, 6) is -0.628. The van der Waals surface area contributed by atoms with Crippen molar-refractivity contribution in [3.8, 4) is 6.07 Å². The molecule has 1 aliphatic carbocycles. The van der Waals surface area contributed by atoms with Gasteiger partial charge in [-0.2, -0.15) is 18.4 Å². The number of anilines is 3. The van der Waals surface area contributed by atoms with Crippen molar-refractivity contribution in [2.45, 2.75) is 139 Å². The van der Waals surface area contributed by atoms with Gasteiger partial charge in [-0.1, -0.05) is 6.07 Å². The molecule has 2 aromatic rings. The second kappa shape index (κ2) is 17.9. The summed E-state index contributed by atoms with van der Waals surface area (Å²) in [5.41, 5.74) is -2.45. The van der Waals surface area contributed by atoms with Gasteiger partial charge in [0.1, 0.15) is 17.6 Å². The number of ether oxygens (including phenoxy) is 1. The molecule has 3 N–H and O–H groups in total. The van der Waals surface area contributed by atoms with E-state index < -0.39 is 34.5 Å². The summed E-state index contributed by atoms with van der Waals surface area (Å²) < 4.78 is 47.5. The quantitative estimate of drug-likeness (QED) is 0.113. The largest absolute Gasteiger partial charge is 0.419 e. The first kappa shape index (κ1) is 43.3. The molecule has 4 heterocycles. The molecule has 4 fully saturated rings. The number of benzene rings is 1. The van der Waals surface area contributed by atoms with Crippen LogP contribution in [0.5, 0.6) is 0 Å². The number of pyridine rings is 1. The summed E-state index contributed by atoms with van der Waals surface area (Å²) >= 11 is 4.75. The number of piperidine rings is 2. The number of rotatable bonds is 12. The molecule has 4 aliphatic rings. The number of amides is 4. The van der Waals surface area contributed by atoms with Gasteiger partial charge < -0.3 is 15.4 Å². The Labute approximate surface area is 342 Å². The maximum Gasteiger partial charge on any atom is 0.419 e. The highest BCUT2D eigenvalue weighted by Crippen LogP contribution is 2.44. The number of nitrogens with one attached hydrogen (secondary N) is 3. The average molecular weight is 827 g/mol. The van der Waals surface area contributed by atoms with Crippen LogP contribution in [0.4, 0.5) is 30.2 Å². The molecule has 1 aromatic carbocycles. The Kier molecular flexibility index (Phi) is 13.4. The standard InChI is InChI=1S/C41H53F3N8O5S/c1-24-17-31(18-25(2)50(24)23-36(54)48-28-9-5-8-27(19-28)47-33-14-15-35(53)49-37(33)55)57-16-6-7-26-10-12-29(13-11-26)52-39(58)51(38(56)40(52,3)4)30-20-32(41(42,43)44)34(21-45)46-22-30/h5,8-9,19-20,22,24-26,29,31,33,39,47,58H,6-7,10-18,23H2,1-4H3,(H,48,54)(H,49,53,55)/t24-,25+,26-,29-,31+,33?,39?. The van der Waals surface area contributed by atoms with E-state index in [1.807, 2.05) is 11.0 Å². The maximum absolute atomic E-state index is 13.7. The number of imide groups is 1. The van der Waals surface area contributed by atoms with E-state index in [-0.39, 0.29) is 66.5 Å². The molecule has 13 nitrogen and oxygen atoms in total. The molecule has 3 saturated heterocycles. The molecule has 1 saturated carbocycles. The Morgan fingerprint density at radius 3 is 2.41 bits per heavy atom. The summed E-state index contributed by atoms with van der Waals surface area (Å²) in [4.78, 5) is 59.6. The zero-order valence-corrected chi connectivity index (χ0v) is 34.2. The molecule has 1 aromatic heterocycles. The monoisotopic (exact) mass is 826 g/mol. The molecule has 17 heteroatoms. The first-order valence-corrected chi connectivity index (χ1v) is 20.6. The van der Waals surface area contributed by atoms with Crippen LogP contribution in [0.15, 0.2) is 36.5 Å². The molecule has 3 aliphatic heterocycles. The molecule has 314 valence electrons. The Morgan fingerprint density at radius 2 is 1.76 bits per heavy atom. The van der Waals surface area contributed by atoms with Crippen molar-refractivity contribution >= 4 is 53.3 Å². The van der Waals surface area contributed by atoms with Gasteiger partial charge in [-0.25, -0.2) is 4.98 Å². The van der Waals surface area contributed by atoms with Gasteiger partial charge in [0.25, 0.3) is 0 Å². The summed E-state index contributed by atoms with van der Waals surface area (Å²) in [6, 6.07) is 9.28. The maximum atomic E-state index is 13.7. The van der Waals surface area contributed by atoms with Crippen LogP contribution in [-0.2, 0) is 30.1 Å². The number of halogens is 3. The number of carbonyl (C=O) groups is 4. The number of hydrogen-bond donors (Lipinski definition) is 4. The number of hydrogen-bond acceptors (Lipinski definition) is 11. The fourth-order valence-corrected chi connectivity index (χ4v) is 9.85. The molecule has 2 unspecified atom stereocenters. The molecule has 5 atom stereocenters. The van der Waals surface area contributed by atoms with E-state index in [9.17, 15) is 32.3 Å². The lowest BCUT2D eigenvalue weighted by Gasteiger charge is -2.42. The molecule has 6 rings (SSSR count). The van der Waals surface area contributed by atoms with E-state index in [1.54, 1.807) is 32.0 Å². The van der Waals surface area contributed by atoms with Crippen LogP contribution in [-0.4, -0.2) is 92.9 Å². The fourth-order valence-electron chi connectivity index (χ4n) is 9.14. The van der Waals surface area contributed by atoms with Crippen LogP contribution in [0.25, 0.3) is 0 Å². The Hall–Kier alpha value is -4.24. The van der Waals surface area contributed by atoms with Gasteiger partial charge in [-0.3, -0.25) is 39.2 Å². The van der Waals surface area contributed by atoms with Crippen LogP contribution in [0, 0.1) is 17.2 Å². The van der Waals surface area contributed by atoms with E-state index >= 15 is 0 Å². The molecular formula is C41H53F3N8O5S. The molecular weight excluding hydrogens is 774 g/mol. The molecule has 0 radical (unpaired) electrons. The van der Waals surface area contributed by atoms with Gasteiger partial charge in [-0.05, 0) is 116 Å². The molecule has 0 bridgehead atoms. The van der Waals surface area contributed by atoms with Crippen molar-refractivity contribution < 1.29 is 37.1 Å². The van der Waals surface area contributed by atoms with E-state index in [0.29, 0.717) is 30.3 Å². The van der Waals surface area contributed by atoms with Crippen LogP contribution in [0.2, 0.25) is 0 Å². The zero-order valence-electron chi connectivity index (χ0n) is 33.3. The lowest BCUT2D eigenvalue weighted by atomic mass is 9.82. The van der Waals surface area contributed by atoms with Crippen molar-refractivity contribution in [1.29, 1.82) is 5.26 Å². The minimum atomic E-state index is -4.80. The first-order chi connectivity index (χ1) is 27.5. The predicted molar refractivity (Wildman–Crippen MR) is 215 cm³/mol. The van der Waals surface area contributed by atoms with E-state index in [4.69, 9.17) is 22.6 Å². The second-order valence-electron chi connectivity index (χ2n) is 16.6. The number of nitriles is 1. The summed E-state index contributed by atoms with van der Waals surface area (Å²) in [6.07, 6.45) is 4.25. The van der Waals surface area contributed by atoms with Gasteiger partial charge in [0, 0.05) is 42.5 Å². The highest BCUT2D eigenvalue weighted by molar-refractivity contribution is 7.81. The van der Waals surface area contributed by atoms with Gasteiger partial charge >= 0.3 is 6.18 Å². The third-order valence-corrected chi connectivity index (χ3v) is 12.6. The minimum Gasteiger partial charge on any atom is -0.378 e. The molecule has 58 heavy (non-hydrogen) atoms. The number of nitrogens with zero attached hydrogens (tertiary/aromatic N) is 5. The van der Waals surface area contributed by atoms with E-state index in [0.717, 1.165) is 63.6 Å². The third kappa shape index (κ3) is 9.78. The molecule has 0 spiro atoms. The van der Waals surface area contributed by atoms with Gasteiger partial charge in [0.05, 0.1) is 35.6 Å². The Morgan fingerprint density at radius 1 is 1.07 bits per heavy atom. The van der Waals surface area contributed by atoms with Crippen LogP contribution < -0.4 is 20.9 Å². The zero-order chi connectivity index (χ0) is 41.9. The van der Waals surface area contributed by atoms with Crippen LogP contribution >= 0.6 is 12.6 Å². The highest BCUT2D eigenvalue weighted by Gasteiger charge is 2.54. The topological polar surface area (TPSA) is 160 Å². The summed E-state index contributed by atoms with van der Waals surface area (Å²) in [5, 5.41) is 17.6. The van der Waals surface area contributed by atoms with Crippen molar-refractivity contribution in [2.24, 2.45) is 5.92 Å². The number of aromatic nitrogens is 1. The third-order valence-electron chi connectivity index (χ3n) is 12.1. The first-order valence-electron chi connectivity index (χ1n) is 20.1. The Bertz CT molecular complexity index is 1890. The average Bonchev–Trinajstić information content (AvgIpc) is 3.34. The van der Waals surface area contributed by atoms with Gasteiger partial charge in [0.15, 0.2) is 5.69 Å².